The van der Waals surface area contributed by atoms with Crippen molar-refractivity contribution >= 4 is 17.6 Å². The first kappa shape index (κ1) is 20.5. The molecule has 1 saturated carbocycles. The summed E-state index contributed by atoms with van der Waals surface area (Å²) in [7, 11) is 0. The molecule has 1 aliphatic carbocycles. The largest absolute Gasteiger partial charge is 0.393 e. The fraction of sp³-hybridized carbons (Fsp3) is 0.600. The van der Waals surface area contributed by atoms with Crippen LogP contribution in [-0.4, -0.2) is 42.1 Å². The number of likely N-dealkylation sites (tertiary alicyclic amines) is 1. The first-order chi connectivity index (χ1) is 13.3. The van der Waals surface area contributed by atoms with E-state index in [2.05, 4.69) is 10.6 Å². The van der Waals surface area contributed by atoms with Crippen LogP contribution in [-0.2, 0) is 4.79 Å². The van der Waals surface area contributed by atoms with Crippen LogP contribution >= 0.6 is 0 Å². The molecular weight excluding hydrogens is 371 g/mol. The molecule has 5 nitrogen and oxygen atoms in total. The Kier molecular flexibility index (Phi) is 6.46. The Morgan fingerprint density at radius 1 is 0.964 bits per heavy atom. The molecule has 2 unspecified atom stereocenters. The predicted molar refractivity (Wildman–Crippen MR) is 99.7 cm³/mol. The quantitative estimate of drug-likeness (QED) is 0.804. The molecule has 0 spiro atoms. The van der Waals surface area contributed by atoms with Crippen molar-refractivity contribution in [3.63, 3.8) is 0 Å². The zero-order valence-electron chi connectivity index (χ0n) is 15.7. The fourth-order valence-corrected chi connectivity index (χ4v) is 4.06. The zero-order valence-corrected chi connectivity index (χ0v) is 15.7. The van der Waals surface area contributed by atoms with Crippen molar-refractivity contribution in [3.05, 3.63) is 30.3 Å². The Hall–Kier alpha value is -2.25. The monoisotopic (exact) mass is 397 g/mol. The van der Waals surface area contributed by atoms with E-state index in [1.54, 1.807) is 17.0 Å². The highest BCUT2D eigenvalue weighted by molar-refractivity contribution is 5.89. The summed E-state index contributed by atoms with van der Waals surface area (Å²) in [6.45, 7) is 0.814. The Morgan fingerprint density at radius 2 is 1.61 bits per heavy atom. The number of benzene rings is 1. The van der Waals surface area contributed by atoms with Crippen molar-refractivity contribution < 1.29 is 22.8 Å². The van der Waals surface area contributed by atoms with Crippen LogP contribution in [0.4, 0.5) is 23.7 Å². The third-order valence-corrected chi connectivity index (χ3v) is 5.69. The number of alkyl halides is 3. The van der Waals surface area contributed by atoms with Gasteiger partial charge in [-0.3, -0.25) is 4.79 Å². The van der Waals surface area contributed by atoms with E-state index in [0.717, 1.165) is 0 Å². The van der Waals surface area contributed by atoms with Crippen molar-refractivity contribution in [2.24, 2.45) is 11.8 Å². The van der Waals surface area contributed by atoms with Gasteiger partial charge in [-0.15, -0.1) is 0 Å². The molecule has 1 aromatic carbocycles. The van der Waals surface area contributed by atoms with E-state index in [1.807, 2.05) is 18.2 Å². The predicted octanol–water partition coefficient (Wildman–Crippen LogP) is 4.17. The van der Waals surface area contributed by atoms with E-state index in [0.29, 0.717) is 50.9 Å². The summed E-state index contributed by atoms with van der Waals surface area (Å²) in [5.74, 6) is -2.12. The Labute approximate surface area is 162 Å². The molecule has 1 aromatic rings. The Bertz CT molecular complexity index is 673. The van der Waals surface area contributed by atoms with E-state index in [-0.39, 0.29) is 24.3 Å². The zero-order chi connectivity index (χ0) is 20.1. The minimum absolute atomic E-state index is 0.0759. The van der Waals surface area contributed by atoms with Gasteiger partial charge in [0, 0.05) is 30.7 Å². The van der Waals surface area contributed by atoms with Crippen LogP contribution in [0.2, 0.25) is 0 Å². The summed E-state index contributed by atoms with van der Waals surface area (Å²) in [6.07, 6.45) is -1.67. The lowest BCUT2D eigenvalue weighted by atomic mass is 9.83. The van der Waals surface area contributed by atoms with E-state index >= 15 is 0 Å². The first-order valence-corrected chi connectivity index (χ1v) is 9.82. The minimum atomic E-state index is -4.28. The number of urea groups is 1. The summed E-state index contributed by atoms with van der Waals surface area (Å²) in [4.78, 5) is 26.4. The normalized spacial score (nSPS) is 23.9. The summed E-state index contributed by atoms with van der Waals surface area (Å²) in [5.41, 5.74) is 0.697. The summed E-state index contributed by atoms with van der Waals surface area (Å²) in [6, 6.07) is 8.03. The number of nitrogens with zero attached hydrogens (tertiary/aromatic N) is 1. The van der Waals surface area contributed by atoms with Crippen molar-refractivity contribution in [2.45, 2.75) is 50.7 Å². The van der Waals surface area contributed by atoms with E-state index in [1.165, 1.54) is 0 Å². The van der Waals surface area contributed by atoms with Gasteiger partial charge in [-0.2, -0.15) is 13.2 Å². The maximum atomic E-state index is 13.2. The molecule has 0 aromatic heterocycles. The summed E-state index contributed by atoms with van der Waals surface area (Å²) < 4.78 is 39.6. The molecule has 154 valence electrons. The number of amides is 3. The molecule has 2 fully saturated rings. The van der Waals surface area contributed by atoms with Crippen LogP contribution in [0.3, 0.4) is 0 Å². The smallest absolute Gasteiger partial charge is 0.353 e. The van der Waals surface area contributed by atoms with Crippen LogP contribution < -0.4 is 10.6 Å². The SMILES string of the molecule is O=C(NC1CCCCC1C(F)(F)F)C1CCN(C(=O)Nc2ccccc2)CC1. The molecule has 1 aliphatic heterocycles. The van der Waals surface area contributed by atoms with Gasteiger partial charge in [0.05, 0.1) is 5.92 Å². The molecule has 3 amide bonds. The van der Waals surface area contributed by atoms with Crippen LogP contribution in [0.5, 0.6) is 0 Å². The molecular formula is C20H26F3N3O2. The number of rotatable bonds is 3. The molecule has 28 heavy (non-hydrogen) atoms. The van der Waals surface area contributed by atoms with E-state index < -0.39 is 18.1 Å². The Balaban J connectivity index is 1.49. The number of nitrogens with one attached hydrogen (secondary N) is 2. The average Bonchev–Trinajstić information content (AvgIpc) is 2.68. The van der Waals surface area contributed by atoms with Gasteiger partial charge in [-0.1, -0.05) is 31.0 Å². The fourth-order valence-electron chi connectivity index (χ4n) is 4.06. The third-order valence-electron chi connectivity index (χ3n) is 5.69. The number of anilines is 1. The second kappa shape index (κ2) is 8.84. The van der Waals surface area contributed by atoms with Gasteiger partial charge in [0.15, 0.2) is 0 Å². The molecule has 0 bridgehead atoms. The maximum absolute atomic E-state index is 13.2. The molecule has 2 aliphatic rings. The third kappa shape index (κ3) is 5.17. The van der Waals surface area contributed by atoms with Gasteiger partial charge in [-0.05, 0) is 37.8 Å². The van der Waals surface area contributed by atoms with Crippen molar-refractivity contribution in [3.8, 4) is 0 Å². The molecule has 2 atom stereocenters. The number of carbonyl (C=O) groups is 2. The van der Waals surface area contributed by atoms with E-state index in [9.17, 15) is 22.8 Å². The average molecular weight is 397 g/mol. The highest BCUT2D eigenvalue weighted by Gasteiger charge is 2.46. The van der Waals surface area contributed by atoms with Gasteiger partial charge in [0.1, 0.15) is 0 Å². The van der Waals surface area contributed by atoms with Gasteiger partial charge in [0.25, 0.3) is 0 Å². The van der Waals surface area contributed by atoms with Gasteiger partial charge < -0.3 is 15.5 Å². The second-order valence-electron chi connectivity index (χ2n) is 7.61. The van der Waals surface area contributed by atoms with Crippen molar-refractivity contribution in [2.75, 3.05) is 18.4 Å². The minimum Gasteiger partial charge on any atom is -0.353 e. The molecule has 2 N–H and O–H groups in total. The van der Waals surface area contributed by atoms with Crippen LogP contribution in [0.25, 0.3) is 0 Å². The number of para-hydroxylation sites is 1. The van der Waals surface area contributed by atoms with Crippen LogP contribution in [0.1, 0.15) is 38.5 Å². The topological polar surface area (TPSA) is 61.4 Å². The van der Waals surface area contributed by atoms with E-state index in [4.69, 9.17) is 0 Å². The van der Waals surface area contributed by atoms with Crippen molar-refractivity contribution in [1.29, 1.82) is 0 Å². The number of piperidine rings is 1. The number of hydrogen-bond donors (Lipinski definition) is 2. The molecule has 3 rings (SSSR count). The maximum Gasteiger partial charge on any atom is 0.393 e. The molecule has 1 saturated heterocycles. The highest BCUT2D eigenvalue weighted by Crippen LogP contribution is 2.38. The van der Waals surface area contributed by atoms with Gasteiger partial charge in [-0.25, -0.2) is 4.79 Å². The number of hydrogen-bond acceptors (Lipinski definition) is 2. The van der Waals surface area contributed by atoms with Crippen molar-refractivity contribution in [1.82, 2.24) is 10.2 Å². The molecule has 8 heteroatoms. The lowest BCUT2D eigenvalue weighted by Gasteiger charge is -2.36. The summed E-state index contributed by atoms with van der Waals surface area (Å²) in [5, 5.41) is 5.46. The lowest BCUT2D eigenvalue weighted by Crippen LogP contribution is -2.51. The van der Waals surface area contributed by atoms with Crippen LogP contribution in [0, 0.1) is 11.8 Å². The number of carbonyl (C=O) groups excluding carboxylic acids is 2. The lowest BCUT2D eigenvalue weighted by molar-refractivity contribution is -0.189. The van der Waals surface area contributed by atoms with Gasteiger partial charge >= 0.3 is 12.2 Å². The Morgan fingerprint density at radius 3 is 2.25 bits per heavy atom. The number of halogens is 3. The molecule has 1 heterocycles. The standard InChI is InChI=1S/C20H26F3N3O2/c21-20(22,23)16-8-4-5-9-17(16)25-18(27)14-10-12-26(13-11-14)19(28)24-15-6-2-1-3-7-15/h1-3,6-7,14,16-17H,4-5,8-13H2,(H,24,28)(H,25,27). The summed E-state index contributed by atoms with van der Waals surface area (Å²) >= 11 is 0. The van der Waals surface area contributed by atoms with Gasteiger partial charge in [0.2, 0.25) is 5.91 Å². The first-order valence-electron chi connectivity index (χ1n) is 9.82. The highest BCUT2D eigenvalue weighted by atomic mass is 19.4. The molecule has 0 radical (unpaired) electrons. The van der Waals surface area contributed by atoms with Crippen LogP contribution in [0.15, 0.2) is 30.3 Å². The second-order valence-corrected chi connectivity index (χ2v) is 7.61.